The minimum atomic E-state index is -0.240. The molecule has 1 aromatic carbocycles. The molecule has 2 aromatic rings. The van der Waals surface area contributed by atoms with Crippen LogP contribution in [0.15, 0.2) is 48.7 Å². The number of nitrogens with one attached hydrogen (secondary N) is 1. The number of benzene rings is 1. The van der Waals surface area contributed by atoms with Crippen LogP contribution in [0.1, 0.15) is 23.6 Å². The fourth-order valence-electron chi connectivity index (χ4n) is 2.11. The van der Waals surface area contributed by atoms with Crippen molar-refractivity contribution in [1.29, 1.82) is 0 Å². The van der Waals surface area contributed by atoms with Gasteiger partial charge in [-0.15, -0.1) is 0 Å². The number of aromatic nitrogens is 1. The zero-order chi connectivity index (χ0) is 12.8. The second-order valence-corrected chi connectivity index (χ2v) is 4.36. The molecular formula is C14H16N2O2. The number of hydrogen-bond acceptors (Lipinski definition) is 2. The van der Waals surface area contributed by atoms with E-state index in [9.17, 15) is 10.1 Å². The third-order valence-electron chi connectivity index (χ3n) is 3.06. The van der Waals surface area contributed by atoms with Crippen LogP contribution in [0.5, 0.6) is 0 Å². The van der Waals surface area contributed by atoms with Gasteiger partial charge < -0.3 is 4.98 Å². The van der Waals surface area contributed by atoms with Gasteiger partial charge >= 0.3 is 0 Å². The maximum Gasteiger partial charge on any atom is 0.212 e. The predicted molar refractivity (Wildman–Crippen MR) is 70.2 cm³/mol. The van der Waals surface area contributed by atoms with Gasteiger partial charge in [-0.3, -0.25) is 10.1 Å². The summed E-state index contributed by atoms with van der Waals surface area (Å²) >= 11 is 0. The summed E-state index contributed by atoms with van der Waals surface area (Å²) in [5.41, 5.74) is 2.17. The standard InChI is InChI=1S/C14H16N2O2/c17-16(18)11-13(14-7-4-10-15-14)9-8-12-5-2-1-3-6-12/h1-7,10,13,15H,8-9,11H2/t13-/m1/s1. The highest BCUT2D eigenvalue weighted by Crippen LogP contribution is 2.20. The molecule has 1 aromatic heterocycles. The Balaban J connectivity index is 2.00. The summed E-state index contributed by atoms with van der Waals surface area (Å²) in [7, 11) is 0. The molecule has 0 saturated carbocycles. The van der Waals surface area contributed by atoms with Crippen molar-refractivity contribution in [2.24, 2.45) is 0 Å². The summed E-state index contributed by atoms with van der Waals surface area (Å²) in [5.74, 6) is -0.0461. The van der Waals surface area contributed by atoms with Crippen molar-refractivity contribution >= 4 is 0 Å². The van der Waals surface area contributed by atoms with Gasteiger partial charge in [0, 0.05) is 16.8 Å². The molecule has 4 nitrogen and oxygen atoms in total. The first-order valence-electron chi connectivity index (χ1n) is 6.04. The number of H-pyrrole nitrogens is 1. The summed E-state index contributed by atoms with van der Waals surface area (Å²) in [6, 6.07) is 13.9. The van der Waals surface area contributed by atoms with Crippen LogP contribution in [0.3, 0.4) is 0 Å². The molecule has 4 heteroatoms. The Morgan fingerprint density at radius 2 is 1.94 bits per heavy atom. The minimum absolute atomic E-state index is 0.0205. The molecule has 0 aliphatic carbocycles. The average molecular weight is 244 g/mol. The number of aromatic amines is 1. The first-order valence-corrected chi connectivity index (χ1v) is 6.04. The van der Waals surface area contributed by atoms with Crippen molar-refractivity contribution < 1.29 is 4.92 Å². The Bertz CT molecular complexity index is 480. The average Bonchev–Trinajstić information content (AvgIpc) is 2.89. The smallest absolute Gasteiger partial charge is 0.212 e. The van der Waals surface area contributed by atoms with Gasteiger partial charge in [-0.2, -0.15) is 0 Å². The van der Waals surface area contributed by atoms with Gasteiger partial charge in [0.05, 0.1) is 5.92 Å². The Hall–Kier alpha value is -2.10. The third-order valence-corrected chi connectivity index (χ3v) is 3.06. The van der Waals surface area contributed by atoms with Crippen molar-refractivity contribution in [3.63, 3.8) is 0 Å². The van der Waals surface area contributed by atoms with Crippen LogP contribution in [-0.4, -0.2) is 16.5 Å². The van der Waals surface area contributed by atoms with Crippen molar-refractivity contribution in [3.05, 3.63) is 70.0 Å². The molecule has 1 N–H and O–H groups in total. The Morgan fingerprint density at radius 1 is 1.17 bits per heavy atom. The van der Waals surface area contributed by atoms with Crippen LogP contribution in [0.2, 0.25) is 0 Å². The number of nitrogens with zero attached hydrogens (tertiary/aromatic N) is 1. The summed E-state index contributed by atoms with van der Waals surface area (Å²) in [6.07, 6.45) is 3.45. The zero-order valence-corrected chi connectivity index (χ0v) is 10.1. The molecule has 0 bridgehead atoms. The fraction of sp³-hybridized carbons (Fsp3) is 0.286. The van der Waals surface area contributed by atoms with E-state index < -0.39 is 0 Å². The van der Waals surface area contributed by atoms with E-state index in [0.717, 1.165) is 18.5 Å². The van der Waals surface area contributed by atoms with Gasteiger partial charge in [0.2, 0.25) is 6.54 Å². The normalized spacial score (nSPS) is 12.2. The third kappa shape index (κ3) is 3.45. The molecular weight excluding hydrogens is 228 g/mol. The summed E-state index contributed by atoms with van der Waals surface area (Å²) in [6.45, 7) is -0.0205. The van der Waals surface area contributed by atoms with Crippen molar-refractivity contribution in [2.45, 2.75) is 18.8 Å². The zero-order valence-electron chi connectivity index (χ0n) is 10.1. The molecule has 2 rings (SSSR count). The topological polar surface area (TPSA) is 58.9 Å². The summed E-state index contributed by atoms with van der Waals surface area (Å²) < 4.78 is 0. The van der Waals surface area contributed by atoms with E-state index in [1.807, 2.05) is 36.5 Å². The number of aryl methyl sites for hydroxylation is 1. The van der Waals surface area contributed by atoms with Gasteiger partial charge in [-0.25, -0.2) is 0 Å². The quantitative estimate of drug-likeness (QED) is 0.627. The summed E-state index contributed by atoms with van der Waals surface area (Å²) in [5, 5.41) is 10.7. The molecule has 18 heavy (non-hydrogen) atoms. The van der Waals surface area contributed by atoms with E-state index >= 15 is 0 Å². The first kappa shape index (κ1) is 12.4. The van der Waals surface area contributed by atoms with Crippen molar-refractivity contribution in [3.8, 4) is 0 Å². The Kier molecular flexibility index (Phi) is 4.12. The Morgan fingerprint density at radius 3 is 2.56 bits per heavy atom. The first-order chi connectivity index (χ1) is 8.75. The lowest BCUT2D eigenvalue weighted by molar-refractivity contribution is -0.483. The van der Waals surface area contributed by atoms with Crippen LogP contribution in [-0.2, 0) is 6.42 Å². The second-order valence-electron chi connectivity index (χ2n) is 4.36. The van der Waals surface area contributed by atoms with Crippen LogP contribution >= 0.6 is 0 Å². The fourth-order valence-corrected chi connectivity index (χ4v) is 2.11. The van der Waals surface area contributed by atoms with Crippen LogP contribution in [0, 0.1) is 10.1 Å². The van der Waals surface area contributed by atoms with E-state index in [1.165, 1.54) is 5.56 Å². The molecule has 0 spiro atoms. The van der Waals surface area contributed by atoms with E-state index in [0.29, 0.717) is 0 Å². The maximum atomic E-state index is 10.7. The van der Waals surface area contributed by atoms with Crippen LogP contribution < -0.4 is 0 Å². The lowest BCUT2D eigenvalue weighted by Crippen LogP contribution is -2.13. The second kappa shape index (κ2) is 6.00. The molecule has 0 saturated heterocycles. The predicted octanol–water partition coefficient (Wildman–Crippen LogP) is 3.01. The molecule has 0 aliphatic heterocycles. The number of nitro groups is 1. The van der Waals surface area contributed by atoms with E-state index in [2.05, 4.69) is 17.1 Å². The van der Waals surface area contributed by atoms with E-state index in [-0.39, 0.29) is 17.4 Å². The highest BCUT2D eigenvalue weighted by Gasteiger charge is 2.18. The molecule has 0 aliphatic rings. The number of rotatable bonds is 6. The van der Waals surface area contributed by atoms with E-state index in [4.69, 9.17) is 0 Å². The van der Waals surface area contributed by atoms with Crippen LogP contribution in [0.4, 0.5) is 0 Å². The molecule has 0 fully saturated rings. The molecule has 0 radical (unpaired) electrons. The summed E-state index contributed by atoms with van der Waals surface area (Å²) in [4.78, 5) is 13.5. The highest BCUT2D eigenvalue weighted by atomic mass is 16.6. The molecule has 0 unspecified atom stereocenters. The van der Waals surface area contributed by atoms with E-state index in [1.54, 1.807) is 0 Å². The lowest BCUT2D eigenvalue weighted by atomic mass is 9.96. The SMILES string of the molecule is O=[N+]([O-])C[C@@H](CCc1ccccc1)c1ccc[nH]1. The highest BCUT2D eigenvalue weighted by molar-refractivity contribution is 5.16. The van der Waals surface area contributed by atoms with Gasteiger partial charge in [0.25, 0.3) is 0 Å². The van der Waals surface area contributed by atoms with Crippen molar-refractivity contribution in [1.82, 2.24) is 4.98 Å². The maximum absolute atomic E-state index is 10.7. The van der Waals surface area contributed by atoms with Crippen LogP contribution in [0.25, 0.3) is 0 Å². The minimum Gasteiger partial charge on any atom is -0.365 e. The molecule has 94 valence electrons. The molecule has 1 atom stereocenters. The van der Waals surface area contributed by atoms with Gasteiger partial charge in [0.15, 0.2) is 0 Å². The van der Waals surface area contributed by atoms with Gasteiger partial charge in [0.1, 0.15) is 0 Å². The molecule has 1 heterocycles. The Labute approximate surface area is 106 Å². The molecule has 0 amide bonds. The lowest BCUT2D eigenvalue weighted by Gasteiger charge is -2.11. The van der Waals surface area contributed by atoms with Gasteiger partial charge in [-0.1, -0.05) is 30.3 Å². The van der Waals surface area contributed by atoms with Crippen molar-refractivity contribution in [2.75, 3.05) is 6.54 Å². The monoisotopic (exact) mass is 244 g/mol. The van der Waals surface area contributed by atoms with Gasteiger partial charge in [-0.05, 0) is 30.5 Å². The number of hydrogen-bond donors (Lipinski definition) is 1. The largest absolute Gasteiger partial charge is 0.365 e.